The Hall–Kier alpha value is -4.09. The van der Waals surface area contributed by atoms with Gasteiger partial charge in [-0.1, -0.05) is 17.3 Å². The number of methoxy groups -OCH3 is 1. The highest BCUT2D eigenvalue weighted by atomic mass is 32.2. The number of aromatic nitrogens is 3. The molecule has 38 heavy (non-hydrogen) atoms. The van der Waals surface area contributed by atoms with Crippen LogP contribution in [-0.4, -0.2) is 90.1 Å². The number of amides is 3. The van der Waals surface area contributed by atoms with Crippen LogP contribution in [0.1, 0.15) is 11.5 Å². The Morgan fingerprint density at radius 2 is 2.03 bits per heavy atom. The molecule has 3 atom stereocenters. The predicted octanol–water partition coefficient (Wildman–Crippen LogP) is -0.0646. The number of nitrogens with one attached hydrogen (secondary N) is 2. The molecule has 0 spiro atoms. The van der Waals surface area contributed by atoms with Crippen molar-refractivity contribution >= 4 is 53.4 Å². The van der Waals surface area contributed by atoms with Crippen molar-refractivity contribution in [1.82, 2.24) is 25.6 Å². The van der Waals surface area contributed by atoms with Crippen LogP contribution in [0.5, 0.6) is 5.75 Å². The first-order chi connectivity index (χ1) is 18.1. The topological polar surface area (TPSA) is 227 Å². The lowest BCUT2D eigenvalue weighted by atomic mass is 9.94. The van der Waals surface area contributed by atoms with Crippen LogP contribution in [0, 0.1) is 0 Å². The van der Waals surface area contributed by atoms with Gasteiger partial charge in [0.1, 0.15) is 21.8 Å². The van der Waals surface area contributed by atoms with Crippen molar-refractivity contribution < 1.29 is 43.7 Å². The van der Waals surface area contributed by atoms with Crippen molar-refractivity contribution in [3.63, 3.8) is 0 Å². The first-order valence-electron chi connectivity index (χ1n) is 10.7. The normalized spacial score (nSPS) is 21.2. The van der Waals surface area contributed by atoms with E-state index in [4.69, 9.17) is 15.2 Å². The Kier molecular flexibility index (Phi) is 7.61. The molecule has 2 aromatic rings. The molecule has 17 heteroatoms. The molecule has 1 aromatic heterocycles. The van der Waals surface area contributed by atoms with E-state index < -0.39 is 46.9 Å². The van der Waals surface area contributed by atoms with Gasteiger partial charge < -0.3 is 30.7 Å². The second-order valence-electron chi connectivity index (χ2n) is 7.90. The molecule has 3 heterocycles. The number of β-lactam (4-membered cyclic amide) rings is 1. The summed E-state index contributed by atoms with van der Waals surface area (Å²) in [6, 6.07) is 5.02. The smallest absolute Gasteiger partial charge is 0.409 e. The number of primary amides is 1. The number of benzene rings is 1. The highest BCUT2D eigenvalue weighted by Gasteiger charge is 2.67. The Morgan fingerprint density at radius 3 is 2.58 bits per heavy atom. The molecule has 3 amide bonds. The molecule has 1 saturated heterocycles. The van der Waals surface area contributed by atoms with Gasteiger partial charge in [0.2, 0.25) is 5.91 Å². The lowest BCUT2D eigenvalue weighted by molar-refractivity contribution is -0.193. The summed E-state index contributed by atoms with van der Waals surface area (Å²) >= 11 is 2.42. The van der Waals surface area contributed by atoms with Crippen LogP contribution < -0.4 is 15.8 Å². The van der Waals surface area contributed by atoms with Gasteiger partial charge in [0.15, 0.2) is 5.92 Å². The van der Waals surface area contributed by atoms with E-state index in [1.165, 1.54) is 42.2 Å². The second kappa shape index (κ2) is 10.7. The molecule has 0 saturated carbocycles. The Bertz CT molecular complexity index is 1320. The zero-order valence-corrected chi connectivity index (χ0v) is 21.1. The monoisotopic (exact) mass is 564 g/mol. The maximum Gasteiger partial charge on any atom is 0.409 e. The summed E-state index contributed by atoms with van der Waals surface area (Å²) in [6.07, 6.45) is 0.405. The van der Waals surface area contributed by atoms with E-state index in [9.17, 15) is 34.2 Å². The number of rotatable bonds is 10. The Labute approximate surface area is 222 Å². The van der Waals surface area contributed by atoms with Gasteiger partial charge in [0.25, 0.3) is 11.6 Å². The van der Waals surface area contributed by atoms with Gasteiger partial charge in [-0.15, -0.1) is 28.6 Å². The third-order valence-corrected chi connectivity index (χ3v) is 8.05. The first-order valence-corrected chi connectivity index (χ1v) is 12.7. The van der Waals surface area contributed by atoms with Gasteiger partial charge in [-0.2, -0.15) is 0 Å². The van der Waals surface area contributed by atoms with Gasteiger partial charge in [0, 0.05) is 18.6 Å². The van der Waals surface area contributed by atoms with Crippen LogP contribution >= 0.6 is 23.5 Å². The van der Waals surface area contributed by atoms with E-state index in [1.54, 1.807) is 0 Å². The molecule has 0 radical (unpaired) electrons. The summed E-state index contributed by atoms with van der Waals surface area (Å²) in [7, 11) is 1.16. The zero-order valence-electron chi connectivity index (χ0n) is 19.4. The van der Waals surface area contributed by atoms with Crippen LogP contribution in [-0.2, 0) is 23.9 Å². The van der Waals surface area contributed by atoms with Gasteiger partial charge in [-0.3, -0.25) is 24.4 Å². The molecule has 0 bridgehead atoms. The first kappa shape index (κ1) is 27.0. The van der Waals surface area contributed by atoms with Crippen molar-refractivity contribution in [2.45, 2.75) is 22.0 Å². The van der Waals surface area contributed by atoms with Crippen molar-refractivity contribution in [3.05, 3.63) is 47.3 Å². The molecule has 1 aromatic carbocycles. The molecule has 2 aliphatic rings. The van der Waals surface area contributed by atoms with Crippen LogP contribution in [0.2, 0.25) is 0 Å². The van der Waals surface area contributed by atoms with E-state index in [-0.39, 0.29) is 28.5 Å². The number of hydrogen-bond acceptors (Lipinski definition) is 11. The summed E-state index contributed by atoms with van der Waals surface area (Å²) < 4.78 is 10.1. The van der Waals surface area contributed by atoms with E-state index in [2.05, 4.69) is 20.7 Å². The minimum atomic E-state index is -1.99. The summed E-state index contributed by atoms with van der Waals surface area (Å²) in [5.41, 5.74) is 3.21. The zero-order chi connectivity index (χ0) is 27.6. The number of nitrogens with zero attached hydrogens (tertiary/aromatic N) is 3. The molecule has 2 aliphatic heterocycles. The molecule has 15 nitrogen and oxygen atoms in total. The summed E-state index contributed by atoms with van der Waals surface area (Å²) in [5, 5.41) is 31.6. The molecular weight excluding hydrogens is 544 g/mol. The SMILES string of the molecule is CO[C@@]1(NC(=O)C(C(=O)O)c2ccc(OC(N)=O)cc2)C(=O)N2C(C(=O)O)=C(CSc3cnn[nH]3)CS[C@H]21. The van der Waals surface area contributed by atoms with Crippen molar-refractivity contribution in [1.29, 1.82) is 0 Å². The number of H-pyrrole nitrogens is 1. The minimum absolute atomic E-state index is 0.0247. The molecular formula is C21H20N6O9S2. The van der Waals surface area contributed by atoms with Crippen LogP contribution in [0.15, 0.2) is 46.8 Å². The van der Waals surface area contributed by atoms with Gasteiger partial charge in [-0.05, 0) is 23.3 Å². The van der Waals surface area contributed by atoms with Crippen molar-refractivity contribution in [2.75, 3.05) is 18.6 Å². The van der Waals surface area contributed by atoms with Gasteiger partial charge in [0.05, 0.1) is 6.20 Å². The highest BCUT2D eigenvalue weighted by Crippen LogP contribution is 2.47. The lowest BCUT2D eigenvalue weighted by Crippen LogP contribution is -2.81. The fourth-order valence-corrected chi connectivity index (χ4v) is 6.35. The maximum atomic E-state index is 13.3. The van der Waals surface area contributed by atoms with E-state index in [0.29, 0.717) is 10.6 Å². The summed E-state index contributed by atoms with van der Waals surface area (Å²) in [6.45, 7) is 0. The molecule has 0 aliphatic carbocycles. The van der Waals surface area contributed by atoms with Gasteiger partial charge in [-0.25, -0.2) is 9.59 Å². The predicted molar refractivity (Wildman–Crippen MR) is 130 cm³/mol. The largest absolute Gasteiger partial charge is 0.480 e. The number of aromatic amines is 1. The van der Waals surface area contributed by atoms with Crippen LogP contribution in [0.25, 0.3) is 0 Å². The number of fused-ring (bicyclic) bond motifs is 1. The Morgan fingerprint density at radius 1 is 1.32 bits per heavy atom. The number of carbonyl (C=O) groups is 5. The van der Waals surface area contributed by atoms with Crippen molar-refractivity contribution in [3.8, 4) is 5.75 Å². The fraction of sp³-hybridized carbons (Fsp3) is 0.286. The van der Waals surface area contributed by atoms with Crippen LogP contribution in [0.3, 0.4) is 0 Å². The molecule has 6 N–H and O–H groups in total. The third kappa shape index (κ3) is 4.90. The van der Waals surface area contributed by atoms with E-state index in [1.807, 2.05) is 0 Å². The lowest BCUT2D eigenvalue weighted by Gasteiger charge is -2.56. The number of hydrogen-bond donors (Lipinski definition) is 5. The van der Waals surface area contributed by atoms with E-state index in [0.717, 1.165) is 23.8 Å². The number of nitrogens with two attached hydrogens (primary N) is 1. The summed E-state index contributed by atoms with van der Waals surface area (Å²) in [5.74, 6) is -6.06. The second-order valence-corrected chi connectivity index (χ2v) is 9.98. The molecule has 200 valence electrons. The number of aliphatic carboxylic acids is 2. The molecule has 1 fully saturated rings. The average Bonchev–Trinajstić information content (AvgIpc) is 3.39. The fourth-order valence-electron chi connectivity index (χ4n) is 3.98. The average molecular weight is 565 g/mol. The van der Waals surface area contributed by atoms with E-state index >= 15 is 0 Å². The Balaban J connectivity index is 1.56. The number of thioether (sulfide) groups is 2. The minimum Gasteiger partial charge on any atom is -0.480 e. The number of carbonyl (C=O) groups excluding carboxylic acids is 3. The number of carboxylic acid groups (broad SMARTS) is 2. The summed E-state index contributed by atoms with van der Waals surface area (Å²) in [4.78, 5) is 62.5. The molecule has 1 unspecified atom stereocenters. The quantitative estimate of drug-likeness (QED) is 0.110. The van der Waals surface area contributed by atoms with Gasteiger partial charge >= 0.3 is 18.0 Å². The maximum absolute atomic E-state index is 13.3. The van der Waals surface area contributed by atoms with Crippen LogP contribution in [0.4, 0.5) is 4.79 Å². The highest BCUT2D eigenvalue weighted by molar-refractivity contribution is 8.01. The number of ether oxygens (including phenoxy) is 2. The van der Waals surface area contributed by atoms with Crippen molar-refractivity contribution in [2.24, 2.45) is 5.73 Å². The standard InChI is InChI=1S/C21H20N6O9S2/c1-35-21(24-15(28)13(16(29)30)9-2-4-11(5-3-9)36-20(22)34)18(33)27-14(17(31)32)10(8-38-19(21)27)7-37-12-6-23-26-25-12/h2-6,13,19H,7-8H2,1H3,(H2,22,34)(H,24,28)(H,29,30)(H,31,32)(H,23,25,26)/t13?,19-,21-/m0/s1. The molecule has 4 rings (SSSR count). The number of carboxylic acids is 2. The third-order valence-electron chi connectivity index (χ3n) is 5.68.